The SMILES string of the molecule is COCC(=O)N1CCC[C@@H](c2cccc(N3C(=O)OCC3(C)C)n2)C1. The number of methoxy groups -OCH3 is 1. The average Bonchev–Trinajstić information content (AvgIpc) is 2.88. The molecular weight excluding hydrogens is 322 g/mol. The van der Waals surface area contributed by atoms with Gasteiger partial charge in [0, 0.05) is 31.8 Å². The second-order valence-electron chi connectivity index (χ2n) is 7.23. The van der Waals surface area contributed by atoms with E-state index >= 15 is 0 Å². The first-order valence-electron chi connectivity index (χ1n) is 8.63. The van der Waals surface area contributed by atoms with Crippen LogP contribution in [0.4, 0.5) is 10.6 Å². The number of hydrogen-bond donors (Lipinski definition) is 0. The van der Waals surface area contributed by atoms with E-state index in [0.717, 1.165) is 25.1 Å². The average molecular weight is 347 g/mol. The molecule has 2 fully saturated rings. The Kier molecular flexibility index (Phi) is 4.94. The predicted octanol–water partition coefficient (Wildman–Crippen LogP) is 2.17. The fraction of sp³-hybridized carbons (Fsp3) is 0.611. The number of rotatable bonds is 4. The standard InChI is InChI=1S/C18H25N3O4/c1-18(2)12-25-17(23)21(18)15-8-4-7-14(19-15)13-6-5-9-20(10-13)16(22)11-24-3/h4,7-8,13H,5-6,9-12H2,1-3H3/t13-/m1/s1. The summed E-state index contributed by atoms with van der Waals surface area (Å²) in [4.78, 5) is 32.3. The van der Waals surface area contributed by atoms with Gasteiger partial charge in [0.15, 0.2) is 0 Å². The minimum atomic E-state index is -0.421. The Hall–Kier alpha value is -2.15. The van der Waals surface area contributed by atoms with Crippen LogP contribution in [-0.2, 0) is 14.3 Å². The highest BCUT2D eigenvalue weighted by Crippen LogP contribution is 2.32. The van der Waals surface area contributed by atoms with Crippen molar-refractivity contribution in [3.63, 3.8) is 0 Å². The maximum absolute atomic E-state index is 12.1. The van der Waals surface area contributed by atoms with Crippen LogP contribution >= 0.6 is 0 Å². The fourth-order valence-corrected chi connectivity index (χ4v) is 3.47. The van der Waals surface area contributed by atoms with Gasteiger partial charge < -0.3 is 14.4 Å². The Morgan fingerprint density at radius 3 is 2.92 bits per heavy atom. The van der Waals surface area contributed by atoms with E-state index in [9.17, 15) is 9.59 Å². The van der Waals surface area contributed by atoms with Crippen molar-refractivity contribution >= 4 is 17.8 Å². The number of aromatic nitrogens is 1. The van der Waals surface area contributed by atoms with Crippen molar-refractivity contribution in [3.05, 3.63) is 23.9 Å². The molecule has 2 amide bonds. The number of likely N-dealkylation sites (tertiary alicyclic amines) is 1. The molecule has 2 aliphatic rings. The van der Waals surface area contributed by atoms with Crippen LogP contribution in [0.5, 0.6) is 0 Å². The van der Waals surface area contributed by atoms with Gasteiger partial charge in [-0.2, -0.15) is 0 Å². The van der Waals surface area contributed by atoms with E-state index in [2.05, 4.69) is 0 Å². The summed E-state index contributed by atoms with van der Waals surface area (Å²) in [5, 5.41) is 0. The van der Waals surface area contributed by atoms with E-state index in [1.165, 1.54) is 7.11 Å². The number of ether oxygens (including phenoxy) is 2. The molecule has 3 heterocycles. The highest BCUT2D eigenvalue weighted by atomic mass is 16.6. The number of cyclic esters (lactones) is 1. The van der Waals surface area contributed by atoms with Gasteiger partial charge in [0.1, 0.15) is 19.0 Å². The maximum Gasteiger partial charge on any atom is 0.416 e. The Bertz CT molecular complexity index is 661. The molecule has 0 bridgehead atoms. The van der Waals surface area contributed by atoms with Crippen molar-refractivity contribution in [1.82, 2.24) is 9.88 Å². The summed E-state index contributed by atoms with van der Waals surface area (Å²) in [7, 11) is 1.53. The van der Waals surface area contributed by atoms with Crippen LogP contribution in [-0.4, -0.2) is 60.8 Å². The Labute approximate surface area is 147 Å². The second kappa shape index (κ2) is 7.00. The number of carbonyl (C=O) groups is 2. The van der Waals surface area contributed by atoms with Gasteiger partial charge in [-0.25, -0.2) is 9.78 Å². The molecule has 0 spiro atoms. The third-order valence-electron chi connectivity index (χ3n) is 4.78. The first-order valence-corrected chi connectivity index (χ1v) is 8.63. The van der Waals surface area contributed by atoms with Gasteiger partial charge in [-0.3, -0.25) is 9.69 Å². The summed E-state index contributed by atoms with van der Waals surface area (Å²) >= 11 is 0. The molecule has 136 valence electrons. The third kappa shape index (κ3) is 3.61. The van der Waals surface area contributed by atoms with Gasteiger partial charge in [0.25, 0.3) is 0 Å². The lowest BCUT2D eigenvalue weighted by molar-refractivity contribution is -0.136. The highest BCUT2D eigenvalue weighted by molar-refractivity contribution is 5.90. The molecule has 2 saturated heterocycles. The van der Waals surface area contributed by atoms with Crippen LogP contribution in [0, 0.1) is 0 Å². The van der Waals surface area contributed by atoms with Gasteiger partial charge >= 0.3 is 6.09 Å². The molecule has 0 aromatic carbocycles. The van der Waals surface area contributed by atoms with Gasteiger partial charge in [-0.05, 0) is 38.8 Å². The second-order valence-corrected chi connectivity index (χ2v) is 7.23. The van der Waals surface area contributed by atoms with Crippen LogP contribution in [0.25, 0.3) is 0 Å². The monoisotopic (exact) mass is 347 g/mol. The fourth-order valence-electron chi connectivity index (χ4n) is 3.47. The Morgan fingerprint density at radius 2 is 2.24 bits per heavy atom. The third-order valence-corrected chi connectivity index (χ3v) is 4.78. The van der Waals surface area contributed by atoms with Crippen LogP contribution in [0.1, 0.15) is 38.3 Å². The van der Waals surface area contributed by atoms with Crippen molar-refractivity contribution in [2.45, 2.75) is 38.1 Å². The zero-order valence-electron chi connectivity index (χ0n) is 15.0. The first-order chi connectivity index (χ1) is 11.9. The molecule has 0 radical (unpaired) electrons. The van der Waals surface area contributed by atoms with Gasteiger partial charge in [0.2, 0.25) is 5.91 Å². The number of carbonyl (C=O) groups excluding carboxylic acids is 2. The minimum Gasteiger partial charge on any atom is -0.447 e. The first kappa shape index (κ1) is 17.7. The van der Waals surface area contributed by atoms with Gasteiger partial charge in [0.05, 0.1) is 5.54 Å². The lowest BCUT2D eigenvalue weighted by Gasteiger charge is -2.33. The van der Waals surface area contributed by atoms with Gasteiger partial charge in [-0.1, -0.05) is 6.07 Å². The quantitative estimate of drug-likeness (QED) is 0.835. The van der Waals surface area contributed by atoms with E-state index in [-0.39, 0.29) is 24.5 Å². The largest absolute Gasteiger partial charge is 0.447 e. The summed E-state index contributed by atoms with van der Waals surface area (Å²) in [5.74, 6) is 0.772. The molecule has 2 aliphatic heterocycles. The summed E-state index contributed by atoms with van der Waals surface area (Å²) in [6, 6.07) is 5.70. The van der Waals surface area contributed by atoms with E-state index < -0.39 is 5.54 Å². The lowest BCUT2D eigenvalue weighted by Crippen LogP contribution is -2.43. The van der Waals surface area contributed by atoms with E-state index in [1.807, 2.05) is 36.9 Å². The predicted molar refractivity (Wildman–Crippen MR) is 92.6 cm³/mol. The van der Waals surface area contributed by atoms with E-state index in [1.54, 1.807) is 4.90 Å². The molecule has 7 heteroatoms. The normalized spacial score (nSPS) is 22.8. The topological polar surface area (TPSA) is 72.0 Å². The number of hydrogen-bond acceptors (Lipinski definition) is 5. The number of anilines is 1. The van der Waals surface area contributed by atoms with Crippen molar-refractivity contribution in [2.75, 3.05) is 38.3 Å². The molecule has 3 rings (SSSR count). The minimum absolute atomic E-state index is 0.00705. The van der Waals surface area contributed by atoms with Gasteiger partial charge in [-0.15, -0.1) is 0 Å². The summed E-state index contributed by atoms with van der Waals surface area (Å²) in [6.45, 7) is 5.75. The Morgan fingerprint density at radius 1 is 1.44 bits per heavy atom. The molecule has 25 heavy (non-hydrogen) atoms. The highest BCUT2D eigenvalue weighted by Gasteiger charge is 2.42. The molecule has 0 unspecified atom stereocenters. The number of pyridine rings is 1. The zero-order chi connectivity index (χ0) is 18.0. The van der Waals surface area contributed by atoms with Crippen molar-refractivity contribution in [1.29, 1.82) is 0 Å². The molecule has 1 atom stereocenters. The molecule has 7 nitrogen and oxygen atoms in total. The number of nitrogens with zero attached hydrogens (tertiary/aromatic N) is 3. The van der Waals surface area contributed by atoms with Crippen LogP contribution in [0.3, 0.4) is 0 Å². The summed E-state index contributed by atoms with van der Waals surface area (Å²) in [6.07, 6.45) is 1.54. The maximum atomic E-state index is 12.1. The summed E-state index contributed by atoms with van der Waals surface area (Å²) < 4.78 is 10.1. The molecule has 1 aromatic rings. The molecule has 1 aromatic heterocycles. The number of piperidine rings is 1. The summed E-state index contributed by atoms with van der Waals surface area (Å²) in [5.41, 5.74) is 0.485. The van der Waals surface area contributed by atoms with Crippen molar-refractivity contribution in [3.8, 4) is 0 Å². The lowest BCUT2D eigenvalue weighted by atomic mass is 9.94. The molecule has 0 N–H and O–H groups in total. The van der Waals surface area contributed by atoms with Crippen LogP contribution < -0.4 is 4.90 Å². The van der Waals surface area contributed by atoms with Crippen LogP contribution in [0.2, 0.25) is 0 Å². The van der Waals surface area contributed by atoms with E-state index in [0.29, 0.717) is 19.0 Å². The zero-order valence-corrected chi connectivity index (χ0v) is 15.0. The van der Waals surface area contributed by atoms with E-state index in [4.69, 9.17) is 14.5 Å². The molecule has 0 saturated carbocycles. The van der Waals surface area contributed by atoms with Crippen LogP contribution in [0.15, 0.2) is 18.2 Å². The molecule has 0 aliphatic carbocycles. The smallest absolute Gasteiger partial charge is 0.416 e. The van der Waals surface area contributed by atoms with Crippen molar-refractivity contribution in [2.24, 2.45) is 0 Å². The Balaban J connectivity index is 1.79. The number of amides is 2. The van der Waals surface area contributed by atoms with Crippen molar-refractivity contribution < 1.29 is 19.1 Å². The molecular formula is C18H25N3O4.